The van der Waals surface area contributed by atoms with E-state index in [4.69, 9.17) is 0 Å². The Hall–Kier alpha value is -0.260. The van der Waals surface area contributed by atoms with Crippen molar-refractivity contribution in [3.05, 3.63) is 12.2 Å². The SMILES string of the molecule is C=C(C)C1CC2CC1C(CC)C2C(C)(C)C. The quantitative estimate of drug-likeness (QED) is 0.580. The summed E-state index contributed by atoms with van der Waals surface area (Å²) < 4.78 is 0. The Kier molecular flexibility index (Phi) is 2.97. The highest BCUT2D eigenvalue weighted by Gasteiger charge is 2.54. The highest BCUT2D eigenvalue weighted by atomic mass is 14.6. The minimum atomic E-state index is 0.500. The number of rotatable bonds is 2. The van der Waals surface area contributed by atoms with E-state index in [-0.39, 0.29) is 0 Å². The molecule has 0 saturated heterocycles. The summed E-state index contributed by atoms with van der Waals surface area (Å²) in [6.07, 6.45) is 4.28. The summed E-state index contributed by atoms with van der Waals surface area (Å²) in [7, 11) is 0. The number of allylic oxidation sites excluding steroid dienone is 1. The Balaban J connectivity index is 2.22. The van der Waals surface area contributed by atoms with Crippen LogP contribution in [0.15, 0.2) is 12.2 Å². The van der Waals surface area contributed by atoms with Crippen molar-refractivity contribution >= 4 is 0 Å². The molecule has 0 radical (unpaired) electrons. The third kappa shape index (κ3) is 1.75. The highest BCUT2D eigenvalue weighted by Crippen LogP contribution is 2.62. The predicted octanol–water partition coefficient (Wildman–Crippen LogP) is 4.91. The fraction of sp³-hybridized carbons (Fsp3) is 0.875. The molecule has 0 N–H and O–H groups in total. The zero-order chi connectivity index (χ0) is 12.1. The average molecular weight is 220 g/mol. The maximum Gasteiger partial charge on any atom is -0.0175 e. The van der Waals surface area contributed by atoms with Crippen molar-refractivity contribution < 1.29 is 0 Å². The lowest BCUT2D eigenvalue weighted by molar-refractivity contribution is 0.0741. The molecule has 0 aromatic carbocycles. The second kappa shape index (κ2) is 3.89. The van der Waals surface area contributed by atoms with Crippen molar-refractivity contribution in [3.8, 4) is 0 Å². The molecule has 92 valence electrons. The minimum Gasteiger partial charge on any atom is -0.0999 e. The molecule has 0 nitrogen and oxygen atoms in total. The van der Waals surface area contributed by atoms with Gasteiger partial charge < -0.3 is 0 Å². The standard InChI is InChI=1S/C16H28/c1-7-12-14-9-11(8-13(14)10(2)3)15(12)16(4,5)6/h11-15H,2,7-9H2,1,3-6H3. The molecule has 2 aliphatic rings. The molecular formula is C16H28. The van der Waals surface area contributed by atoms with Crippen molar-refractivity contribution in [3.63, 3.8) is 0 Å². The fourth-order valence-corrected chi connectivity index (χ4v) is 4.97. The van der Waals surface area contributed by atoms with Gasteiger partial charge in [-0.1, -0.05) is 46.3 Å². The van der Waals surface area contributed by atoms with Gasteiger partial charge in [0, 0.05) is 0 Å². The van der Waals surface area contributed by atoms with Crippen molar-refractivity contribution in [2.24, 2.45) is 35.0 Å². The second-order valence-corrected chi connectivity index (χ2v) is 7.31. The first-order valence-corrected chi connectivity index (χ1v) is 7.01. The van der Waals surface area contributed by atoms with Gasteiger partial charge in [-0.05, 0) is 54.8 Å². The van der Waals surface area contributed by atoms with Crippen molar-refractivity contribution in [1.82, 2.24) is 0 Å². The largest absolute Gasteiger partial charge is 0.0999 e. The van der Waals surface area contributed by atoms with Gasteiger partial charge >= 0.3 is 0 Å². The molecule has 0 aliphatic heterocycles. The molecule has 2 aliphatic carbocycles. The predicted molar refractivity (Wildman–Crippen MR) is 71.2 cm³/mol. The maximum absolute atomic E-state index is 4.21. The molecule has 0 heteroatoms. The zero-order valence-electron chi connectivity index (χ0n) is 11.7. The number of hydrogen-bond acceptors (Lipinski definition) is 0. The molecule has 0 aromatic heterocycles. The Bertz CT molecular complexity index is 281. The summed E-state index contributed by atoms with van der Waals surface area (Å²) in [6, 6.07) is 0. The van der Waals surface area contributed by atoms with Crippen LogP contribution in [0.2, 0.25) is 0 Å². The van der Waals surface area contributed by atoms with Crippen LogP contribution in [0.5, 0.6) is 0 Å². The van der Waals surface area contributed by atoms with E-state index in [9.17, 15) is 0 Å². The van der Waals surface area contributed by atoms with Crippen LogP contribution in [-0.2, 0) is 0 Å². The Labute approximate surface area is 102 Å². The van der Waals surface area contributed by atoms with E-state index in [1.54, 1.807) is 0 Å². The van der Waals surface area contributed by atoms with E-state index in [0.29, 0.717) is 5.41 Å². The van der Waals surface area contributed by atoms with Crippen LogP contribution in [0.1, 0.15) is 53.9 Å². The summed E-state index contributed by atoms with van der Waals surface area (Å²) >= 11 is 0. The van der Waals surface area contributed by atoms with Gasteiger partial charge in [0.05, 0.1) is 0 Å². The maximum atomic E-state index is 4.21. The molecular weight excluding hydrogens is 192 g/mol. The lowest BCUT2D eigenvalue weighted by Gasteiger charge is -2.43. The summed E-state index contributed by atoms with van der Waals surface area (Å²) in [5, 5.41) is 0. The summed E-state index contributed by atoms with van der Waals surface area (Å²) in [6.45, 7) is 16.2. The first-order valence-electron chi connectivity index (χ1n) is 7.01. The van der Waals surface area contributed by atoms with E-state index in [1.807, 2.05) is 0 Å². The van der Waals surface area contributed by atoms with Gasteiger partial charge in [-0.2, -0.15) is 0 Å². The molecule has 2 bridgehead atoms. The topological polar surface area (TPSA) is 0 Å². The first kappa shape index (κ1) is 12.2. The van der Waals surface area contributed by atoms with Gasteiger partial charge in [0.25, 0.3) is 0 Å². The Morgan fingerprint density at radius 1 is 1.25 bits per heavy atom. The lowest BCUT2D eigenvalue weighted by Crippen LogP contribution is -2.36. The second-order valence-electron chi connectivity index (χ2n) is 7.31. The molecule has 0 aromatic rings. The van der Waals surface area contributed by atoms with Crippen LogP contribution in [0.3, 0.4) is 0 Å². The fourth-order valence-electron chi connectivity index (χ4n) is 4.97. The van der Waals surface area contributed by atoms with Crippen LogP contribution >= 0.6 is 0 Å². The third-order valence-corrected chi connectivity index (χ3v) is 5.27. The van der Waals surface area contributed by atoms with E-state index >= 15 is 0 Å². The first-order chi connectivity index (χ1) is 7.36. The van der Waals surface area contributed by atoms with Crippen molar-refractivity contribution in [1.29, 1.82) is 0 Å². The van der Waals surface area contributed by atoms with E-state index in [0.717, 1.165) is 29.6 Å². The van der Waals surface area contributed by atoms with Gasteiger partial charge in [0.1, 0.15) is 0 Å². The van der Waals surface area contributed by atoms with Gasteiger partial charge in [-0.3, -0.25) is 0 Å². The molecule has 0 spiro atoms. The molecule has 16 heavy (non-hydrogen) atoms. The number of fused-ring (bicyclic) bond motifs is 2. The number of hydrogen-bond donors (Lipinski definition) is 0. The molecule has 2 rings (SSSR count). The Morgan fingerprint density at radius 2 is 1.88 bits per heavy atom. The molecule has 5 unspecified atom stereocenters. The molecule has 5 atom stereocenters. The smallest absolute Gasteiger partial charge is 0.0175 e. The van der Waals surface area contributed by atoms with Gasteiger partial charge in [0.15, 0.2) is 0 Å². The van der Waals surface area contributed by atoms with E-state index < -0.39 is 0 Å². The highest BCUT2D eigenvalue weighted by molar-refractivity contribution is 5.12. The van der Waals surface area contributed by atoms with Crippen LogP contribution < -0.4 is 0 Å². The normalized spacial score (nSPS) is 42.7. The molecule has 2 saturated carbocycles. The van der Waals surface area contributed by atoms with Crippen LogP contribution in [-0.4, -0.2) is 0 Å². The monoisotopic (exact) mass is 220 g/mol. The molecule has 0 heterocycles. The van der Waals surface area contributed by atoms with Crippen LogP contribution in [0.4, 0.5) is 0 Å². The van der Waals surface area contributed by atoms with E-state index in [2.05, 4.69) is 41.2 Å². The summed E-state index contributed by atoms with van der Waals surface area (Å²) in [5.74, 6) is 4.69. The third-order valence-electron chi connectivity index (χ3n) is 5.27. The molecule has 2 fully saturated rings. The summed E-state index contributed by atoms with van der Waals surface area (Å²) in [4.78, 5) is 0. The van der Waals surface area contributed by atoms with Gasteiger partial charge in [-0.25, -0.2) is 0 Å². The lowest BCUT2D eigenvalue weighted by atomic mass is 9.62. The zero-order valence-corrected chi connectivity index (χ0v) is 11.7. The Morgan fingerprint density at radius 3 is 2.31 bits per heavy atom. The molecule has 0 amide bonds. The minimum absolute atomic E-state index is 0.500. The van der Waals surface area contributed by atoms with Gasteiger partial charge in [-0.15, -0.1) is 0 Å². The summed E-state index contributed by atoms with van der Waals surface area (Å²) in [5.41, 5.74) is 1.94. The average Bonchev–Trinajstić information content (AvgIpc) is 2.71. The van der Waals surface area contributed by atoms with Crippen LogP contribution in [0, 0.1) is 35.0 Å². The van der Waals surface area contributed by atoms with Crippen molar-refractivity contribution in [2.75, 3.05) is 0 Å². The van der Waals surface area contributed by atoms with Crippen molar-refractivity contribution in [2.45, 2.75) is 53.9 Å². The van der Waals surface area contributed by atoms with Gasteiger partial charge in [0.2, 0.25) is 0 Å². The van der Waals surface area contributed by atoms with E-state index in [1.165, 1.54) is 24.8 Å². The van der Waals surface area contributed by atoms with Crippen LogP contribution in [0.25, 0.3) is 0 Å².